The standard InChI is InChI=1S/C21H22N2O3S/c1-26-19-11-9-18(10-12-19)22-13-15-23(16-14-22)27(24,25)21-8-4-6-17-5-2-3-7-20(17)21/h2-12H,13-16H2,1H3. The van der Waals surface area contributed by atoms with E-state index in [2.05, 4.69) is 4.90 Å². The van der Waals surface area contributed by atoms with Crippen molar-refractivity contribution in [2.24, 2.45) is 0 Å². The van der Waals surface area contributed by atoms with Crippen LogP contribution in [-0.4, -0.2) is 46.0 Å². The molecule has 6 heteroatoms. The van der Waals surface area contributed by atoms with E-state index in [-0.39, 0.29) is 0 Å². The van der Waals surface area contributed by atoms with Crippen LogP contribution in [0.1, 0.15) is 0 Å². The Hall–Kier alpha value is -2.57. The zero-order valence-electron chi connectivity index (χ0n) is 15.2. The van der Waals surface area contributed by atoms with Crippen LogP contribution in [0.3, 0.4) is 0 Å². The molecule has 140 valence electrons. The third kappa shape index (κ3) is 3.38. The van der Waals surface area contributed by atoms with Gasteiger partial charge in [-0.15, -0.1) is 0 Å². The maximum absolute atomic E-state index is 13.2. The molecule has 0 aliphatic carbocycles. The molecule has 0 bridgehead atoms. The molecule has 0 N–H and O–H groups in total. The molecule has 4 rings (SSSR count). The van der Waals surface area contributed by atoms with E-state index in [0.717, 1.165) is 22.2 Å². The third-order valence-electron chi connectivity index (χ3n) is 5.04. The third-order valence-corrected chi connectivity index (χ3v) is 7.00. The molecule has 0 aromatic heterocycles. The van der Waals surface area contributed by atoms with Crippen molar-refractivity contribution >= 4 is 26.5 Å². The Morgan fingerprint density at radius 3 is 2.19 bits per heavy atom. The number of hydrogen-bond acceptors (Lipinski definition) is 4. The number of anilines is 1. The normalized spacial score (nSPS) is 15.8. The van der Waals surface area contributed by atoms with E-state index in [1.54, 1.807) is 17.5 Å². The van der Waals surface area contributed by atoms with Crippen LogP contribution in [0.4, 0.5) is 5.69 Å². The molecule has 0 atom stereocenters. The lowest BCUT2D eigenvalue weighted by molar-refractivity contribution is 0.385. The lowest BCUT2D eigenvalue weighted by Gasteiger charge is -2.35. The van der Waals surface area contributed by atoms with Crippen molar-refractivity contribution in [1.82, 2.24) is 4.31 Å². The maximum atomic E-state index is 13.2. The first-order chi connectivity index (χ1) is 13.1. The number of rotatable bonds is 4. The molecule has 3 aromatic carbocycles. The molecular weight excluding hydrogens is 360 g/mol. The van der Waals surface area contributed by atoms with Crippen molar-refractivity contribution in [3.8, 4) is 5.75 Å². The summed E-state index contributed by atoms with van der Waals surface area (Å²) in [5.41, 5.74) is 1.08. The van der Waals surface area contributed by atoms with Crippen LogP contribution in [-0.2, 0) is 10.0 Å². The summed E-state index contributed by atoms with van der Waals surface area (Å²) in [6.45, 7) is 2.27. The van der Waals surface area contributed by atoms with Crippen molar-refractivity contribution in [3.05, 3.63) is 66.7 Å². The van der Waals surface area contributed by atoms with Crippen LogP contribution in [0.5, 0.6) is 5.75 Å². The number of methoxy groups -OCH3 is 1. The molecule has 5 nitrogen and oxygen atoms in total. The quantitative estimate of drug-likeness (QED) is 0.694. The van der Waals surface area contributed by atoms with Gasteiger partial charge in [0.1, 0.15) is 5.75 Å². The fourth-order valence-electron chi connectivity index (χ4n) is 3.54. The molecule has 27 heavy (non-hydrogen) atoms. The Labute approximate surface area is 159 Å². The number of sulfonamides is 1. The lowest BCUT2D eigenvalue weighted by atomic mass is 10.1. The second-order valence-corrected chi connectivity index (χ2v) is 8.47. The van der Waals surface area contributed by atoms with Gasteiger partial charge in [0, 0.05) is 37.3 Å². The first-order valence-corrected chi connectivity index (χ1v) is 10.4. The van der Waals surface area contributed by atoms with Gasteiger partial charge in [-0.3, -0.25) is 0 Å². The summed E-state index contributed by atoms with van der Waals surface area (Å²) in [7, 11) is -1.87. The fraction of sp³-hybridized carbons (Fsp3) is 0.238. The van der Waals surface area contributed by atoms with Gasteiger partial charge in [-0.2, -0.15) is 4.31 Å². The Morgan fingerprint density at radius 2 is 1.48 bits per heavy atom. The van der Waals surface area contributed by atoms with Gasteiger partial charge >= 0.3 is 0 Å². The summed E-state index contributed by atoms with van der Waals surface area (Å²) < 4.78 is 33.2. The zero-order valence-corrected chi connectivity index (χ0v) is 16.0. The molecule has 0 amide bonds. The SMILES string of the molecule is COc1ccc(N2CCN(S(=O)(=O)c3cccc4ccccc34)CC2)cc1. The summed E-state index contributed by atoms with van der Waals surface area (Å²) >= 11 is 0. The molecule has 0 spiro atoms. The van der Waals surface area contributed by atoms with Gasteiger partial charge in [-0.05, 0) is 35.7 Å². The highest BCUT2D eigenvalue weighted by atomic mass is 32.2. The molecular formula is C21H22N2O3S. The van der Waals surface area contributed by atoms with Gasteiger partial charge in [0.25, 0.3) is 0 Å². The Morgan fingerprint density at radius 1 is 0.815 bits per heavy atom. The molecule has 0 radical (unpaired) electrons. The second-order valence-electron chi connectivity index (χ2n) is 6.57. The van der Waals surface area contributed by atoms with Crippen LogP contribution < -0.4 is 9.64 Å². The van der Waals surface area contributed by atoms with Crippen LogP contribution >= 0.6 is 0 Å². The van der Waals surface area contributed by atoms with Gasteiger partial charge < -0.3 is 9.64 Å². The number of nitrogens with zero attached hydrogens (tertiary/aromatic N) is 2. The van der Waals surface area contributed by atoms with Crippen LogP contribution in [0, 0.1) is 0 Å². The number of ether oxygens (including phenoxy) is 1. The molecule has 1 heterocycles. The topological polar surface area (TPSA) is 49.9 Å². The highest BCUT2D eigenvalue weighted by Gasteiger charge is 2.29. The zero-order chi connectivity index (χ0) is 18.9. The number of fused-ring (bicyclic) bond motifs is 1. The summed E-state index contributed by atoms with van der Waals surface area (Å²) in [5.74, 6) is 0.816. The van der Waals surface area contributed by atoms with Gasteiger partial charge in [0.2, 0.25) is 10.0 Å². The van der Waals surface area contributed by atoms with Gasteiger partial charge in [-0.1, -0.05) is 36.4 Å². The van der Waals surface area contributed by atoms with E-state index in [0.29, 0.717) is 31.1 Å². The van der Waals surface area contributed by atoms with Crippen LogP contribution in [0.15, 0.2) is 71.6 Å². The first kappa shape index (κ1) is 17.8. The van der Waals surface area contributed by atoms with Crippen molar-refractivity contribution in [2.45, 2.75) is 4.90 Å². The molecule has 1 aliphatic heterocycles. The minimum absolute atomic E-state index is 0.387. The van der Waals surface area contributed by atoms with Crippen LogP contribution in [0.25, 0.3) is 10.8 Å². The second kappa shape index (κ2) is 7.21. The van der Waals surface area contributed by atoms with E-state index in [4.69, 9.17) is 4.74 Å². The van der Waals surface area contributed by atoms with Crippen molar-refractivity contribution in [3.63, 3.8) is 0 Å². The fourth-order valence-corrected chi connectivity index (χ4v) is 5.18. The largest absolute Gasteiger partial charge is 0.497 e. The average Bonchev–Trinajstić information content (AvgIpc) is 2.73. The molecule has 1 saturated heterocycles. The summed E-state index contributed by atoms with van der Waals surface area (Å²) in [4.78, 5) is 2.59. The minimum atomic E-state index is -3.52. The summed E-state index contributed by atoms with van der Waals surface area (Å²) in [6, 6.07) is 20.9. The highest BCUT2D eigenvalue weighted by molar-refractivity contribution is 7.89. The molecule has 1 aliphatic rings. The first-order valence-electron chi connectivity index (χ1n) is 8.96. The van der Waals surface area contributed by atoms with Gasteiger partial charge in [-0.25, -0.2) is 8.42 Å². The maximum Gasteiger partial charge on any atom is 0.243 e. The monoisotopic (exact) mass is 382 g/mol. The number of hydrogen-bond donors (Lipinski definition) is 0. The average molecular weight is 382 g/mol. The summed E-state index contributed by atoms with van der Waals surface area (Å²) in [5, 5.41) is 1.72. The number of benzene rings is 3. The predicted molar refractivity (Wildman–Crippen MR) is 108 cm³/mol. The van der Waals surface area contributed by atoms with Crippen molar-refractivity contribution < 1.29 is 13.2 Å². The van der Waals surface area contributed by atoms with Gasteiger partial charge in [0.15, 0.2) is 0 Å². The molecule has 3 aromatic rings. The Bertz CT molecular complexity index is 1040. The smallest absolute Gasteiger partial charge is 0.243 e. The molecule has 0 saturated carbocycles. The molecule has 1 fully saturated rings. The van der Waals surface area contributed by atoms with Crippen LogP contribution in [0.2, 0.25) is 0 Å². The summed E-state index contributed by atoms with van der Waals surface area (Å²) in [6.07, 6.45) is 0. The van der Waals surface area contributed by atoms with E-state index in [1.165, 1.54) is 0 Å². The van der Waals surface area contributed by atoms with Gasteiger partial charge in [0.05, 0.1) is 12.0 Å². The van der Waals surface area contributed by atoms with E-state index >= 15 is 0 Å². The molecule has 0 unspecified atom stereocenters. The highest BCUT2D eigenvalue weighted by Crippen LogP contribution is 2.27. The van der Waals surface area contributed by atoms with Crippen molar-refractivity contribution in [2.75, 3.05) is 38.2 Å². The van der Waals surface area contributed by atoms with E-state index in [9.17, 15) is 8.42 Å². The van der Waals surface area contributed by atoms with Crippen molar-refractivity contribution in [1.29, 1.82) is 0 Å². The minimum Gasteiger partial charge on any atom is -0.497 e. The number of piperazine rings is 1. The lowest BCUT2D eigenvalue weighted by Crippen LogP contribution is -2.48. The predicted octanol–water partition coefficient (Wildman–Crippen LogP) is 3.36. The Balaban J connectivity index is 1.54. The Kier molecular flexibility index (Phi) is 4.76. The van der Waals surface area contributed by atoms with E-state index < -0.39 is 10.0 Å². The van der Waals surface area contributed by atoms with E-state index in [1.807, 2.05) is 60.7 Å².